The molecule has 24 heavy (non-hydrogen) atoms. The Morgan fingerprint density at radius 2 is 1.71 bits per heavy atom. The first-order valence-corrected chi connectivity index (χ1v) is 8.77. The summed E-state index contributed by atoms with van der Waals surface area (Å²) in [5, 5.41) is 15.0. The normalized spacial score (nSPS) is 11.6. The Balaban J connectivity index is 1.82. The van der Waals surface area contributed by atoms with E-state index in [1.54, 1.807) is 12.1 Å². The van der Waals surface area contributed by atoms with Crippen LogP contribution in [0.5, 0.6) is 0 Å². The number of hydrogen-bond donors (Lipinski definition) is 3. The molecule has 1 atom stereocenters. The van der Waals surface area contributed by atoms with Gasteiger partial charge in [-0.25, -0.2) is 0 Å². The third-order valence-corrected chi connectivity index (χ3v) is 4.17. The lowest BCUT2D eigenvalue weighted by atomic mass is 10.1. The molecule has 5 nitrogen and oxygen atoms in total. The minimum absolute atomic E-state index is 0.0192. The average Bonchev–Trinajstić information content (AvgIpc) is 2.61. The summed E-state index contributed by atoms with van der Waals surface area (Å²) in [6.45, 7) is 0.0192. The number of carbonyl (C=O) groups is 2. The van der Waals surface area contributed by atoms with Gasteiger partial charge in [-0.3, -0.25) is 9.59 Å². The second kappa shape index (κ2) is 9.10. The zero-order valence-electron chi connectivity index (χ0n) is 13.4. The number of aliphatic hydroxyl groups excluding tert-OH is 1. The third kappa shape index (κ3) is 5.40. The molecule has 1 unspecified atom stereocenters. The van der Waals surface area contributed by atoms with Crippen LogP contribution in [0.15, 0.2) is 59.5 Å². The van der Waals surface area contributed by atoms with Gasteiger partial charge in [0.25, 0.3) is 0 Å². The Kier molecular flexibility index (Phi) is 6.84. The van der Waals surface area contributed by atoms with Crippen molar-refractivity contribution < 1.29 is 14.7 Å². The molecular formula is C18H20N2O3S. The molecule has 0 radical (unpaired) electrons. The molecule has 0 aliphatic rings. The maximum Gasteiger partial charge on any atom is 0.313 e. The van der Waals surface area contributed by atoms with Crippen molar-refractivity contribution in [3.8, 4) is 0 Å². The molecule has 2 aromatic rings. The van der Waals surface area contributed by atoms with Gasteiger partial charge in [-0.05, 0) is 24.0 Å². The van der Waals surface area contributed by atoms with E-state index in [1.165, 1.54) is 11.8 Å². The number of hydrogen-bond acceptors (Lipinski definition) is 4. The Morgan fingerprint density at radius 1 is 1.04 bits per heavy atom. The lowest BCUT2D eigenvalue weighted by Crippen LogP contribution is -2.40. The van der Waals surface area contributed by atoms with Gasteiger partial charge in [0.2, 0.25) is 0 Å². The van der Waals surface area contributed by atoms with Crippen LogP contribution in [-0.2, 0) is 16.0 Å². The van der Waals surface area contributed by atoms with Crippen LogP contribution < -0.4 is 10.6 Å². The van der Waals surface area contributed by atoms with E-state index in [4.69, 9.17) is 0 Å². The molecule has 0 aliphatic heterocycles. The van der Waals surface area contributed by atoms with Gasteiger partial charge in [0, 0.05) is 17.9 Å². The predicted octanol–water partition coefficient (Wildman–Crippen LogP) is 2.07. The quantitative estimate of drug-likeness (QED) is 0.554. The highest BCUT2D eigenvalue weighted by Gasteiger charge is 2.16. The largest absolute Gasteiger partial charge is 0.391 e. The van der Waals surface area contributed by atoms with Gasteiger partial charge in [0.1, 0.15) is 0 Å². The van der Waals surface area contributed by atoms with Crippen molar-refractivity contribution in [3.05, 3.63) is 60.2 Å². The van der Waals surface area contributed by atoms with Gasteiger partial charge in [-0.15, -0.1) is 11.8 Å². The van der Waals surface area contributed by atoms with Crippen LogP contribution in [0.25, 0.3) is 0 Å². The first kappa shape index (κ1) is 18.0. The number of carbonyl (C=O) groups excluding carboxylic acids is 2. The summed E-state index contributed by atoms with van der Waals surface area (Å²) in [6.07, 6.45) is 1.56. The van der Waals surface area contributed by atoms with Crippen molar-refractivity contribution >= 4 is 29.3 Å². The fraction of sp³-hybridized carbons (Fsp3) is 0.222. The zero-order chi connectivity index (χ0) is 17.4. The first-order valence-electron chi connectivity index (χ1n) is 7.54. The minimum Gasteiger partial charge on any atom is -0.391 e. The molecule has 0 spiro atoms. The highest BCUT2D eigenvalue weighted by atomic mass is 32.2. The smallest absolute Gasteiger partial charge is 0.313 e. The Bertz CT molecular complexity index is 692. The number of thioether (sulfide) groups is 1. The van der Waals surface area contributed by atoms with Crippen LogP contribution in [0.4, 0.5) is 5.69 Å². The Labute approximate surface area is 145 Å². The van der Waals surface area contributed by atoms with E-state index >= 15 is 0 Å². The molecule has 2 rings (SSSR count). The minimum atomic E-state index is -0.766. The second-order valence-electron chi connectivity index (χ2n) is 5.21. The topological polar surface area (TPSA) is 78.4 Å². The molecule has 2 aromatic carbocycles. The summed E-state index contributed by atoms with van der Waals surface area (Å²) in [5.74, 6) is -1.51. The predicted molar refractivity (Wildman–Crippen MR) is 96.0 cm³/mol. The van der Waals surface area contributed by atoms with Crippen molar-refractivity contribution in [2.45, 2.75) is 17.4 Å². The Morgan fingerprint density at radius 3 is 2.42 bits per heavy atom. The van der Waals surface area contributed by atoms with Crippen LogP contribution >= 0.6 is 11.8 Å². The van der Waals surface area contributed by atoms with Crippen molar-refractivity contribution in [1.82, 2.24) is 5.32 Å². The molecule has 0 aromatic heterocycles. The summed E-state index contributed by atoms with van der Waals surface area (Å²) in [7, 11) is 0. The van der Waals surface area contributed by atoms with Crippen LogP contribution in [-0.4, -0.2) is 35.8 Å². The molecule has 0 heterocycles. The highest BCUT2D eigenvalue weighted by Crippen LogP contribution is 2.24. The first-order chi connectivity index (χ1) is 11.6. The number of para-hydroxylation sites is 1. The molecule has 0 bridgehead atoms. The van der Waals surface area contributed by atoms with Crippen LogP contribution in [0.3, 0.4) is 0 Å². The number of benzene rings is 2. The molecule has 0 aliphatic carbocycles. The lowest BCUT2D eigenvalue weighted by Gasteiger charge is -2.12. The zero-order valence-corrected chi connectivity index (χ0v) is 14.2. The average molecular weight is 344 g/mol. The highest BCUT2D eigenvalue weighted by molar-refractivity contribution is 7.98. The summed E-state index contributed by atoms with van der Waals surface area (Å²) in [6, 6.07) is 16.7. The summed E-state index contributed by atoms with van der Waals surface area (Å²) >= 11 is 1.48. The van der Waals surface area contributed by atoms with Crippen LogP contribution in [0.1, 0.15) is 5.56 Å². The molecule has 0 fully saturated rings. The molecule has 2 amide bonds. The molecule has 0 saturated carbocycles. The molecule has 3 N–H and O–H groups in total. The van der Waals surface area contributed by atoms with E-state index < -0.39 is 17.9 Å². The number of aliphatic hydroxyl groups is 1. The van der Waals surface area contributed by atoms with Crippen molar-refractivity contribution in [2.75, 3.05) is 18.1 Å². The maximum absolute atomic E-state index is 11.9. The van der Waals surface area contributed by atoms with E-state index in [-0.39, 0.29) is 6.54 Å². The molecule has 0 saturated heterocycles. The van der Waals surface area contributed by atoms with E-state index in [2.05, 4.69) is 10.6 Å². The fourth-order valence-electron chi connectivity index (χ4n) is 2.18. The van der Waals surface area contributed by atoms with E-state index in [1.807, 2.05) is 48.7 Å². The third-order valence-electron chi connectivity index (χ3n) is 3.37. The number of nitrogens with one attached hydrogen (secondary N) is 2. The number of amides is 2. The van der Waals surface area contributed by atoms with Crippen LogP contribution in [0.2, 0.25) is 0 Å². The van der Waals surface area contributed by atoms with Gasteiger partial charge in [-0.2, -0.15) is 0 Å². The van der Waals surface area contributed by atoms with Gasteiger partial charge in [0.15, 0.2) is 0 Å². The van der Waals surface area contributed by atoms with Gasteiger partial charge >= 0.3 is 11.8 Å². The van der Waals surface area contributed by atoms with Crippen molar-refractivity contribution in [3.63, 3.8) is 0 Å². The van der Waals surface area contributed by atoms with Gasteiger partial charge in [-0.1, -0.05) is 42.5 Å². The van der Waals surface area contributed by atoms with E-state index in [0.29, 0.717) is 12.1 Å². The van der Waals surface area contributed by atoms with Crippen molar-refractivity contribution in [1.29, 1.82) is 0 Å². The summed E-state index contributed by atoms with van der Waals surface area (Å²) in [4.78, 5) is 24.7. The Hall–Kier alpha value is -2.31. The SMILES string of the molecule is CSc1ccccc1NC(=O)C(=O)NCC(O)Cc1ccccc1. The van der Waals surface area contributed by atoms with Crippen molar-refractivity contribution in [2.24, 2.45) is 0 Å². The summed E-state index contributed by atoms with van der Waals surface area (Å²) < 4.78 is 0. The van der Waals surface area contributed by atoms with Gasteiger partial charge in [0.05, 0.1) is 11.8 Å². The molecule has 126 valence electrons. The molecular weight excluding hydrogens is 324 g/mol. The van der Waals surface area contributed by atoms with E-state index in [0.717, 1.165) is 10.5 Å². The monoisotopic (exact) mass is 344 g/mol. The number of rotatable bonds is 6. The van der Waals surface area contributed by atoms with Crippen LogP contribution in [0, 0.1) is 0 Å². The van der Waals surface area contributed by atoms with E-state index in [9.17, 15) is 14.7 Å². The lowest BCUT2D eigenvalue weighted by molar-refractivity contribution is -0.136. The second-order valence-corrected chi connectivity index (χ2v) is 6.06. The fourth-order valence-corrected chi connectivity index (χ4v) is 2.73. The molecule has 6 heteroatoms. The number of anilines is 1. The standard InChI is InChI=1S/C18H20N2O3S/c1-24-16-10-6-5-9-15(16)20-18(23)17(22)19-12-14(21)11-13-7-3-2-4-8-13/h2-10,14,21H,11-12H2,1H3,(H,19,22)(H,20,23). The maximum atomic E-state index is 11.9. The summed E-state index contributed by atoms with van der Waals surface area (Å²) in [5.41, 5.74) is 1.56. The van der Waals surface area contributed by atoms with Gasteiger partial charge < -0.3 is 15.7 Å².